The molecule has 0 atom stereocenters. The fourth-order valence-electron chi connectivity index (χ4n) is 1.13. The SMILES string of the molecule is CC=C(C)c1ccccc1OC. The molecular weight excluding hydrogens is 148 g/mol. The van der Waals surface area contributed by atoms with Gasteiger partial charge in [0, 0.05) is 5.56 Å². The normalized spacial score (nSPS) is 11.4. The third-order valence-electron chi connectivity index (χ3n) is 1.96. The molecule has 0 aliphatic carbocycles. The fourth-order valence-corrected chi connectivity index (χ4v) is 1.13. The zero-order valence-corrected chi connectivity index (χ0v) is 7.79. The first-order valence-electron chi connectivity index (χ1n) is 4.06. The van der Waals surface area contributed by atoms with Gasteiger partial charge in [0.15, 0.2) is 0 Å². The van der Waals surface area contributed by atoms with Crippen LogP contribution in [-0.2, 0) is 0 Å². The minimum absolute atomic E-state index is 0.938. The first-order chi connectivity index (χ1) is 5.79. The van der Waals surface area contributed by atoms with E-state index < -0.39 is 0 Å². The lowest BCUT2D eigenvalue weighted by molar-refractivity contribution is 0.413. The summed E-state index contributed by atoms with van der Waals surface area (Å²) in [6.45, 7) is 4.11. The molecule has 0 saturated carbocycles. The highest BCUT2D eigenvalue weighted by Gasteiger charge is 2.00. The summed E-state index contributed by atoms with van der Waals surface area (Å²) in [6.07, 6.45) is 2.08. The monoisotopic (exact) mass is 162 g/mol. The zero-order chi connectivity index (χ0) is 8.97. The van der Waals surface area contributed by atoms with Crippen molar-refractivity contribution >= 4 is 5.57 Å². The van der Waals surface area contributed by atoms with E-state index in [1.807, 2.05) is 25.1 Å². The summed E-state index contributed by atoms with van der Waals surface area (Å²) in [4.78, 5) is 0. The first kappa shape index (κ1) is 8.85. The minimum Gasteiger partial charge on any atom is -0.496 e. The van der Waals surface area contributed by atoms with E-state index in [2.05, 4.69) is 19.1 Å². The maximum atomic E-state index is 5.23. The van der Waals surface area contributed by atoms with Gasteiger partial charge in [0.2, 0.25) is 0 Å². The van der Waals surface area contributed by atoms with Crippen molar-refractivity contribution < 1.29 is 4.74 Å². The van der Waals surface area contributed by atoms with E-state index in [4.69, 9.17) is 4.74 Å². The molecule has 0 saturated heterocycles. The van der Waals surface area contributed by atoms with Crippen LogP contribution in [0.15, 0.2) is 30.3 Å². The molecule has 0 aromatic heterocycles. The molecule has 1 nitrogen and oxygen atoms in total. The van der Waals surface area contributed by atoms with Crippen LogP contribution in [0.1, 0.15) is 19.4 Å². The number of allylic oxidation sites excluding steroid dienone is 2. The van der Waals surface area contributed by atoms with Crippen molar-refractivity contribution in [2.24, 2.45) is 0 Å². The molecule has 1 heteroatoms. The Labute approximate surface area is 73.7 Å². The van der Waals surface area contributed by atoms with Crippen LogP contribution >= 0.6 is 0 Å². The lowest BCUT2D eigenvalue weighted by Gasteiger charge is -2.07. The summed E-state index contributed by atoms with van der Waals surface area (Å²) in [5.74, 6) is 0.938. The van der Waals surface area contributed by atoms with E-state index >= 15 is 0 Å². The van der Waals surface area contributed by atoms with Crippen LogP contribution in [0, 0.1) is 0 Å². The first-order valence-corrected chi connectivity index (χ1v) is 4.06. The second-order valence-corrected chi connectivity index (χ2v) is 2.67. The third kappa shape index (κ3) is 1.67. The number of hydrogen-bond acceptors (Lipinski definition) is 1. The highest BCUT2D eigenvalue weighted by atomic mass is 16.5. The maximum absolute atomic E-state index is 5.23. The average Bonchev–Trinajstić information content (AvgIpc) is 2.16. The highest BCUT2D eigenvalue weighted by Crippen LogP contribution is 2.24. The molecule has 0 fully saturated rings. The smallest absolute Gasteiger partial charge is 0.126 e. The molecule has 1 rings (SSSR count). The van der Waals surface area contributed by atoms with Crippen LogP contribution < -0.4 is 4.74 Å². The van der Waals surface area contributed by atoms with Crippen molar-refractivity contribution in [1.82, 2.24) is 0 Å². The van der Waals surface area contributed by atoms with Crippen molar-refractivity contribution in [3.63, 3.8) is 0 Å². The number of methoxy groups -OCH3 is 1. The number of benzene rings is 1. The Morgan fingerprint density at radius 1 is 1.33 bits per heavy atom. The molecule has 0 heterocycles. The van der Waals surface area contributed by atoms with Gasteiger partial charge < -0.3 is 4.74 Å². The van der Waals surface area contributed by atoms with Crippen molar-refractivity contribution in [3.8, 4) is 5.75 Å². The lowest BCUT2D eigenvalue weighted by Crippen LogP contribution is -1.88. The Kier molecular flexibility index (Phi) is 2.92. The molecule has 1 aromatic carbocycles. The molecule has 1 aromatic rings. The predicted octanol–water partition coefficient (Wildman–Crippen LogP) is 3.12. The number of hydrogen-bond donors (Lipinski definition) is 0. The Morgan fingerprint density at radius 3 is 2.58 bits per heavy atom. The zero-order valence-electron chi connectivity index (χ0n) is 7.79. The van der Waals surface area contributed by atoms with Crippen LogP contribution in [0.3, 0.4) is 0 Å². The average molecular weight is 162 g/mol. The van der Waals surface area contributed by atoms with E-state index in [0.29, 0.717) is 0 Å². The number of rotatable bonds is 2. The summed E-state index contributed by atoms with van der Waals surface area (Å²) >= 11 is 0. The molecule has 0 N–H and O–H groups in total. The molecule has 0 amide bonds. The van der Waals surface area contributed by atoms with Crippen molar-refractivity contribution in [2.45, 2.75) is 13.8 Å². The largest absolute Gasteiger partial charge is 0.496 e. The van der Waals surface area contributed by atoms with E-state index in [9.17, 15) is 0 Å². The fraction of sp³-hybridized carbons (Fsp3) is 0.273. The van der Waals surface area contributed by atoms with Gasteiger partial charge in [-0.25, -0.2) is 0 Å². The number of ether oxygens (including phenoxy) is 1. The van der Waals surface area contributed by atoms with Crippen LogP contribution in [0.25, 0.3) is 5.57 Å². The maximum Gasteiger partial charge on any atom is 0.126 e. The van der Waals surface area contributed by atoms with Gasteiger partial charge in [0.1, 0.15) is 5.75 Å². The second kappa shape index (κ2) is 3.96. The Balaban J connectivity index is 3.13. The molecule has 0 aliphatic heterocycles. The molecule has 0 unspecified atom stereocenters. The number of para-hydroxylation sites is 1. The van der Waals surface area contributed by atoms with Crippen molar-refractivity contribution in [1.29, 1.82) is 0 Å². The van der Waals surface area contributed by atoms with Crippen LogP contribution in [0.4, 0.5) is 0 Å². The summed E-state index contributed by atoms with van der Waals surface area (Å²) in [5.41, 5.74) is 2.41. The summed E-state index contributed by atoms with van der Waals surface area (Å²) in [7, 11) is 1.70. The Morgan fingerprint density at radius 2 is 2.00 bits per heavy atom. The summed E-state index contributed by atoms with van der Waals surface area (Å²) in [6, 6.07) is 8.03. The van der Waals surface area contributed by atoms with Gasteiger partial charge in [-0.3, -0.25) is 0 Å². The van der Waals surface area contributed by atoms with Gasteiger partial charge in [-0.2, -0.15) is 0 Å². The molecule has 64 valence electrons. The third-order valence-corrected chi connectivity index (χ3v) is 1.96. The van der Waals surface area contributed by atoms with E-state index in [1.165, 1.54) is 11.1 Å². The van der Waals surface area contributed by atoms with Crippen LogP contribution in [0.5, 0.6) is 5.75 Å². The van der Waals surface area contributed by atoms with Gasteiger partial charge in [-0.15, -0.1) is 0 Å². The van der Waals surface area contributed by atoms with E-state index in [1.54, 1.807) is 7.11 Å². The highest BCUT2D eigenvalue weighted by molar-refractivity contribution is 5.68. The molecule has 0 radical (unpaired) electrons. The van der Waals surface area contributed by atoms with E-state index in [-0.39, 0.29) is 0 Å². The summed E-state index contributed by atoms with van der Waals surface area (Å²) in [5, 5.41) is 0. The lowest BCUT2D eigenvalue weighted by atomic mass is 10.1. The van der Waals surface area contributed by atoms with Gasteiger partial charge in [-0.1, -0.05) is 24.3 Å². The quantitative estimate of drug-likeness (QED) is 0.649. The molecule has 0 aliphatic rings. The van der Waals surface area contributed by atoms with E-state index in [0.717, 1.165) is 5.75 Å². The van der Waals surface area contributed by atoms with Crippen LogP contribution in [0.2, 0.25) is 0 Å². The molecule has 0 spiro atoms. The Hall–Kier alpha value is -1.24. The standard InChI is InChI=1S/C11H14O/c1-4-9(2)10-7-5-6-8-11(10)12-3/h4-8H,1-3H3. The van der Waals surface area contributed by atoms with Crippen molar-refractivity contribution in [3.05, 3.63) is 35.9 Å². The predicted molar refractivity (Wildman–Crippen MR) is 52.3 cm³/mol. The van der Waals surface area contributed by atoms with Gasteiger partial charge in [-0.05, 0) is 25.5 Å². The van der Waals surface area contributed by atoms with Gasteiger partial charge >= 0.3 is 0 Å². The Bertz CT molecular complexity index is 287. The molecule has 12 heavy (non-hydrogen) atoms. The van der Waals surface area contributed by atoms with Gasteiger partial charge in [0.25, 0.3) is 0 Å². The topological polar surface area (TPSA) is 9.23 Å². The van der Waals surface area contributed by atoms with Crippen LogP contribution in [-0.4, -0.2) is 7.11 Å². The minimum atomic E-state index is 0.938. The molecular formula is C11H14O. The van der Waals surface area contributed by atoms with Gasteiger partial charge in [0.05, 0.1) is 7.11 Å². The second-order valence-electron chi connectivity index (χ2n) is 2.67. The van der Waals surface area contributed by atoms with Crippen molar-refractivity contribution in [2.75, 3.05) is 7.11 Å². The molecule has 0 bridgehead atoms. The summed E-state index contributed by atoms with van der Waals surface area (Å²) < 4.78 is 5.23.